The summed E-state index contributed by atoms with van der Waals surface area (Å²) in [6.07, 6.45) is 2.84. The van der Waals surface area contributed by atoms with Crippen molar-refractivity contribution in [1.29, 1.82) is 0 Å². The molecule has 3 rings (SSSR count). The van der Waals surface area contributed by atoms with Crippen molar-refractivity contribution in [2.24, 2.45) is 0 Å². The highest BCUT2D eigenvalue weighted by Gasteiger charge is 2.25. The molecule has 0 saturated carbocycles. The van der Waals surface area contributed by atoms with E-state index in [0.717, 1.165) is 18.7 Å². The maximum absolute atomic E-state index is 5.66. The van der Waals surface area contributed by atoms with Crippen LogP contribution in [0, 0.1) is 0 Å². The summed E-state index contributed by atoms with van der Waals surface area (Å²) in [6, 6.07) is 13.1. The quantitative estimate of drug-likeness (QED) is 0.876. The zero-order valence-corrected chi connectivity index (χ0v) is 10.5. The molecule has 3 nitrogen and oxygen atoms in total. The van der Waals surface area contributed by atoms with E-state index in [1.807, 2.05) is 12.1 Å². The summed E-state index contributed by atoms with van der Waals surface area (Å²) in [4.78, 5) is 6.79. The zero-order chi connectivity index (χ0) is 12.5. The number of nitrogens with two attached hydrogens (primary N) is 1. The van der Waals surface area contributed by atoms with Gasteiger partial charge < -0.3 is 10.6 Å². The number of aromatic nitrogens is 1. The molecule has 2 N–H and O–H groups in total. The van der Waals surface area contributed by atoms with E-state index in [4.69, 9.17) is 5.73 Å². The van der Waals surface area contributed by atoms with Gasteiger partial charge in [-0.25, -0.2) is 0 Å². The number of benzene rings is 1. The van der Waals surface area contributed by atoms with Crippen LogP contribution in [0.25, 0.3) is 0 Å². The van der Waals surface area contributed by atoms with Gasteiger partial charge in [-0.1, -0.05) is 18.2 Å². The van der Waals surface area contributed by atoms with Crippen LogP contribution in [0.2, 0.25) is 0 Å². The highest BCUT2D eigenvalue weighted by molar-refractivity contribution is 5.59. The lowest BCUT2D eigenvalue weighted by Gasteiger charge is -2.24. The lowest BCUT2D eigenvalue weighted by molar-refractivity contribution is 0.665. The Balaban J connectivity index is 1.87. The van der Waals surface area contributed by atoms with Gasteiger partial charge in [0.15, 0.2) is 0 Å². The molecule has 18 heavy (non-hydrogen) atoms. The average molecular weight is 239 g/mol. The fourth-order valence-corrected chi connectivity index (χ4v) is 2.57. The fraction of sp³-hybridized carbons (Fsp3) is 0.267. The molecule has 0 aliphatic carbocycles. The van der Waals surface area contributed by atoms with Gasteiger partial charge in [-0.2, -0.15) is 0 Å². The van der Waals surface area contributed by atoms with E-state index in [-0.39, 0.29) is 0 Å². The molecule has 0 spiro atoms. The minimum atomic E-state index is 0.529. The van der Waals surface area contributed by atoms with E-state index in [2.05, 4.69) is 41.1 Å². The molecule has 3 heteroatoms. The third kappa shape index (κ3) is 1.92. The van der Waals surface area contributed by atoms with E-state index in [1.165, 1.54) is 11.3 Å². The Kier molecular flexibility index (Phi) is 2.67. The number of rotatable bonds is 2. The van der Waals surface area contributed by atoms with Crippen LogP contribution in [0.4, 0.5) is 11.4 Å². The van der Waals surface area contributed by atoms with Crippen molar-refractivity contribution in [3.05, 3.63) is 53.9 Å². The summed E-state index contributed by atoms with van der Waals surface area (Å²) in [5, 5.41) is 0. The Morgan fingerprint density at radius 2 is 2.11 bits per heavy atom. The molecule has 1 aromatic heterocycles. The Labute approximate surface area is 107 Å². The summed E-state index contributed by atoms with van der Waals surface area (Å²) < 4.78 is 0. The van der Waals surface area contributed by atoms with Crippen molar-refractivity contribution in [1.82, 2.24) is 4.98 Å². The second kappa shape index (κ2) is 4.33. The van der Waals surface area contributed by atoms with Crippen LogP contribution in [0.5, 0.6) is 0 Å². The normalized spacial score (nSPS) is 17.8. The first-order chi connectivity index (χ1) is 8.74. The number of fused-ring (bicyclic) bond motifs is 1. The molecule has 1 aromatic carbocycles. The molecule has 1 aliphatic heterocycles. The van der Waals surface area contributed by atoms with E-state index >= 15 is 0 Å². The summed E-state index contributed by atoms with van der Waals surface area (Å²) >= 11 is 0. The summed E-state index contributed by atoms with van der Waals surface area (Å²) in [6.45, 7) is 3.11. The number of nitrogen functional groups attached to an aromatic ring is 1. The monoisotopic (exact) mass is 239 g/mol. The summed E-state index contributed by atoms with van der Waals surface area (Å²) in [5.41, 5.74) is 10.2. The van der Waals surface area contributed by atoms with Crippen molar-refractivity contribution in [2.75, 3.05) is 10.6 Å². The number of hydrogen-bond acceptors (Lipinski definition) is 3. The standard InChI is InChI=1S/C15H17N3/c1-11-8-12-4-2-3-5-15(12)18(11)10-14-7-6-13(16)9-17-14/h2-7,9,11H,8,10,16H2,1H3. The zero-order valence-electron chi connectivity index (χ0n) is 10.5. The maximum atomic E-state index is 5.66. The smallest absolute Gasteiger partial charge is 0.0605 e. The van der Waals surface area contributed by atoms with Crippen LogP contribution < -0.4 is 10.6 Å². The van der Waals surface area contributed by atoms with Crippen molar-refractivity contribution >= 4 is 11.4 Å². The van der Waals surface area contributed by atoms with E-state index in [0.29, 0.717) is 11.7 Å². The molecule has 92 valence electrons. The fourth-order valence-electron chi connectivity index (χ4n) is 2.57. The largest absolute Gasteiger partial charge is 0.397 e. The van der Waals surface area contributed by atoms with Gasteiger partial charge in [-0.3, -0.25) is 4.98 Å². The van der Waals surface area contributed by atoms with Crippen LogP contribution in [-0.2, 0) is 13.0 Å². The molecular formula is C15H17N3. The first-order valence-corrected chi connectivity index (χ1v) is 6.29. The lowest BCUT2D eigenvalue weighted by atomic mass is 10.1. The molecule has 1 atom stereocenters. The number of pyridine rings is 1. The molecule has 0 fully saturated rings. The van der Waals surface area contributed by atoms with E-state index in [9.17, 15) is 0 Å². The molecule has 1 unspecified atom stereocenters. The number of para-hydroxylation sites is 1. The predicted molar refractivity (Wildman–Crippen MR) is 74.4 cm³/mol. The van der Waals surface area contributed by atoms with Crippen LogP contribution in [0.1, 0.15) is 18.2 Å². The van der Waals surface area contributed by atoms with Crippen molar-refractivity contribution in [2.45, 2.75) is 25.9 Å². The van der Waals surface area contributed by atoms with Gasteiger partial charge in [-0.05, 0) is 37.1 Å². The predicted octanol–water partition coefficient (Wildman–Crippen LogP) is 2.62. The van der Waals surface area contributed by atoms with Crippen molar-refractivity contribution < 1.29 is 0 Å². The Hall–Kier alpha value is -2.03. The maximum Gasteiger partial charge on any atom is 0.0605 e. The second-order valence-electron chi connectivity index (χ2n) is 4.89. The molecule has 0 saturated heterocycles. The Morgan fingerprint density at radius 1 is 1.28 bits per heavy atom. The number of anilines is 2. The van der Waals surface area contributed by atoms with Crippen LogP contribution in [-0.4, -0.2) is 11.0 Å². The van der Waals surface area contributed by atoms with Crippen molar-refractivity contribution in [3.63, 3.8) is 0 Å². The number of hydrogen-bond donors (Lipinski definition) is 1. The first kappa shape index (κ1) is 11.1. The molecule has 0 bridgehead atoms. The molecular weight excluding hydrogens is 222 g/mol. The summed E-state index contributed by atoms with van der Waals surface area (Å²) in [5.74, 6) is 0. The van der Waals surface area contributed by atoms with Crippen LogP contribution in [0.3, 0.4) is 0 Å². The average Bonchev–Trinajstić information content (AvgIpc) is 2.69. The highest BCUT2D eigenvalue weighted by Crippen LogP contribution is 2.32. The lowest BCUT2D eigenvalue weighted by Crippen LogP contribution is -2.28. The van der Waals surface area contributed by atoms with Gasteiger partial charge in [0.1, 0.15) is 0 Å². The van der Waals surface area contributed by atoms with E-state index in [1.54, 1.807) is 6.20 Å². The Bertz CT molecular complexity index is 548. The van der Waals surface area contributed by atoms with E-state index < -0.39 is 0 Å². The molecule has 2 heterocycles. The SMILES string of the molecule is CC1Cc2ccccc2N1Cc1ccc(N)cn1. The third-order valence-electron chi connectivity index (χ3n) is 3.53. The van der Waals surface area contributed by atoms with Gasteiger partial charge in [-0.15, -0.1) is 0 Å². The minimum Gasteiger partial charge on any atom is -0.397 e. The van der Waals surface area contributed by atoms with Gasteiger partial charge >= 0.3 is 0 Å². The topological polar surface area (TPSA) is 42.1 Å². The number of nitrogens with zero attached hydrogens (tertiary/aromatic N) is 2. The van der Waals surface area contributed by atoms with Crippen molar-refractivity contribution in [3.8, 4) is 0 Å². The van der Waals surface area contributed by atoms with Gasteiger partial charge in [0.2, 0.25) is 0 Å². The molecule has 0 amide bonds. The van der Waals surface area contributed by atoms with Crippen LogP contribution in [0.15, 0.2) is 42.6 Å². The van der Waals surface area contributed by atoms with Gasteiger partial charge in [0.05, 0.1) is 24.1 Å². The molecule has 2 aromatic rings. The van der Waals surface area contributed by atoms with Crippen LogP contribution >= 0.6 is 0 Å². The third-order valence-corrected chi connectivity index (χ3v) is 3.53. The Morgan fingerprint density at radius 3 is 2.89 bits per heavy atom. The minimum absolute atomic E-state index is 0.529. The van der Waals surface area contributed by atoms with Gasteiger partial charge in [0.25, 0.3) is 0 Å². The second-order valence-corrected chi connectivity index (χ2v) is 4.89. The van der Waals surface area contributed by atoms with Gasteiger partial charge in [0, 0.05) is 11.7 Å². The molecule has 0 radical (unpaired) electrons. The summed E-state index contributed by atoms with van der Waals surface area (Å²) in [7, 11) is 0. The highest BCUT2D eigenvalue weighted by atomic mass is 15.2. The molecule has 1 aliphatic rings. The first-order valence-electron chi connectivity index (χ1n) is 6.29.